The zero-order valence-electron chi connectivity index (χ0n) is 11.0. The molecule has 0 radical (unpaired) electrons. The van der Waals surface area contributed by atoms with Crippen LogP contribution in [0.5, 0.6) is 0 Å². The maximum absolute atomic E-state index is 11.4. The van der Waals surface area contributed by atoms with E-state index in [1.54, 1.807) is 0 Å². The van der Waals surface area contributed by atoms with Gasteiger partial charge in [0.2, 0.25) is 0 Å². The fourth-order valence-corrected chi connectivity index (χ4v) is 2.44. The Labute approximate surface area is 124 Å². The molecule has 2 rings (SSSR count). The molecule has 1 N–H and O–H groups in total. The summed E-state index contributed by atoms with van der Waals surface area (Å²) in [5.41, 5.74) is 1.96. The summed E-state index contributed by atoms with van der Waals surface area (Å²) in [6, 6.07) is 18.8. The number of hydrogen-bond acceptors (Lipinski definition) is 3. The summed E-state index contributed by atoms with van der Waals surface area (Å²) in [7, 11) is 0. The van der Waals surface area contributed by atoms with Gasteiger partial charge in [0.25, 0.3) is 0 Å². The second-order valence-electron chi connectivity index (χ2n) is 4.49. The van der Waals surface area contributed by atoms with Crippen LogP contribution in [0.15, 0.2) is 60.7 Å². The van der Waals surface area contributed by atoms with Gasteiger partial charge in [-0.25, -0.2) is 4.79 Å². The SMILES string of the molecule is O=C(O)C(CS)N(Cc1ccccc1)c1ccccc1. The maximum Gasteiger partial charge on any atom is 0.327 e. The highest BCUT2D eigenvalue weighted by Gasteiger charge is 2.24. The van der Waals surface area contributed by atoms with Gasteiger partial charge in [-0.1, -0.05) is 48.5 Å². The van der Waals surface area contributed by atoms with Crippen LogP contribution in [0.2, 0.25) is 0 Å². The summed E-state index contributed by atoms with van der Waals surface area (Å²) >= 11 is 4.19. The highest BCUT2D eigenvalue weighted by Crippen LogP contribution is 2.20. The van der Waals surface area contributed by atoms with Gasteiger partial charge in [0.1, 0.15) is 6.04 Å². The summed E-state index contributed by atoms with van der Waals surface area (Å²) in [5, 5.41) is 9.39. The first-order valence-electron chi connectivity index (χ1n) is 6.41. The lowest BCUT2D eigenvalue weighted by Gasteiger charge is -2.30. The van der Waals surface area contributed by atoms with Crippen molar-refractivity contribution in [1.29, 1.82) is 0 Å². The van der Waals surface area contributed by atoms with E-state index in [1.165, 1.54) is 0 Å². The third-order valence-electron chi connectivity index (χ3n) is 3.12. The number of nitrogens with zero attached hydrogens (tertiary/aromatic N) is 1. The number of hydrogen-bond donors (Lipinski definition) is 2. The van der Waals surface area contributed by atoms with Crippen LogP contribution in [0.25, 0.3) is 0 Å². The summed E-state index contributed by atoms with van der Waals surface area (Å²) in [6.07, 6.45) is 0. The molecule has 0 heterocycles. The Kier molecular flexibility index (Phi) is 5.07. The van der Waals surface area contributed by atoms with Crippen molar-refractivity contribution in [2.45, 2.75) is 12.6 Å². The Morgan fingerprint density at radius 3 is 2.10 bits per heavy atom. The van der Waals surface area contributed by atoms with E-state index in [2.05, 4.69) is 12.6 Å². The van der Waals surface area contributed by atoms with E-state index >= 15 is 0 Å². The number of carbonyl (C=O) groups is 1. The topological polar surface area (TPSA) is 40.5 Å². The van der Waals surface area contributed by atoms with E-state index < -0.39 is 12.0 Å². The van der Waals surface area contributed by atoms with Gasteiger partial charge in [0.15, 0.2) is 0 Å². The number of carboxylic acid groups (broad SMARTS) is 1. The molecule has 0 aliphatic rings. The van der Waals surface area contributed by atoms with E-state index in [0.29, 0.717) is 6.54 Å². The molecule has 1 unspecified atom stereocenters. The van der Waals surface area contributed by atoms with Gasteiger partial charge in [-0.15, -0.1) is 0 Å². The lowest BCUT2D eigenvalue weighted by atomic mass is 10.1. The molecule has 1 atom stereocenters. The average molecular weight is 287 g/mol. The van der Waals surface area contributed by atoms with Crippen LogP contribution in [0.3, 0.4) is 0 Å². The second-order valence-corrected chi connectivity index (χ2v) is 4.85. The van der Waals surface area contributed by atoms with Crippen LogP contribution in [0, 0.1) is 0 Å². The number of para-hydroxylation sites is 1. The van der Waals surface area contributed by atoms with Crippen LogP contribution in [0.4, 0.5) is 5.69 Å². The minimum absolute atomic E-state index is 0.261. The predicted octanol–water partition coefficient (Wildman–Crippen LogP) is 3.08. The molecule has 0 aliphatic carbocycles. The average Bonchev–Trinajstić information content (AvgIpc) is 2.48. The van der Waals surface area contributed by atoms with Gasteiger partial charge in [-0.05, 0) is 17.7 Å². The molecule has 104 valence electrons. The summed E-state index contributed by atoms with van der Waals surface area (Å²) in [6.45, 7) is 0.544. The van der Waals surface area contributed by atoms with Crippen molar-refractivity contribution in [2.75, 3.05) is 10.7 Å². The molecule has 3 nitrogen and oxygen atoms in total. The van der Waals surface area contributed by atoms with Gasteiger partial charge >= 0.3 is 5.97 Å². The molecule has 0 fully saturated rings. The van der Waals surface area contributed by atoms with Crippen molar-refractivity contribution >= 4 is 24.3 Å². The first-order valence-corrected chi connectivity index (χ1v) is 7.05. The van der Waals surface area contributed by atoms with Crippen LogP contribution < -0.4 is 4.90 Å². The monoisotopic (exact) mass is 287 g/mol. The third-order valence-corrected chi connectivity index (χ3v) is 3.46. The number of benzene rings is 2. The molecule has 0 amide bonds. The van der Waals surface area contributed by atoms with E-state index in [0.717, 1.165) is 11.3 Å². The zero-order valence-corrected chi connectivity index (χ0v) is 11.9. The highest BCUT2D eigenvalue weighted by molar-refractivity contribution is 7.80. The molecule has 0 aliphatic heterocycles. The van der Waals surface area contributed by atoms with Gasteiger partial charge < -0.3 is 10.0 Å². The van der Waals surface area contributed by atoms with Crippen molar-refractivity contribution in [3.63, 3.8) is 0 Å². The van der Waals surface area contributed by atoms with Crippen molar-refractivity contribution in [3.05, 3.63) is 66.2 Å². The van der Waals surface area contributed by atoms with Crippen molar-refractivity contribution in [2.24, 2.45) is 0 Å². The Balaban J connectivity index is 2.31. The molecule has 0 bridgehead atoms. The Hall–Kier alpha value is -1.94. The Bertz CT molecular complexity index is 545. The first kappa shape index (κ1) is 14.5. The molecule has 0 aromatic heterocycles. The predicted molar refractivity (Wildman–Crippen MR) is 84.3 cm³/mol. The lowest BCUT2D eigenvalue weighted by molar-refractivity contribution is -0.138. The summed E-state index contributed by atoms with van der Waals surface area (Å²) < 4.78 is 0. The fourth-order valence-electron chi connectivity index (χ4n) is 2.09. The van der Waals surface area contributed by atoms with Crippen LogP contribution in [-0.2, 0) is 11.3 Å². The molecule has 4 heteroatoms. The van der Waals surface area contributed by atoms with Crippen LogP contribution >= 0.6 is 12.6 Å². The molecule has 0 saturated carbocycles. The van der Waals surface area contributed by atoms with E-state index in [-0.39, 0.29) is 5.75 Å². The largest absolute Gasteiger partial charge is 0.480 e. The molecule has 2 aromatic carbocycles. The lowest BCUT2D eigenvalue weighted by Crippen LogP contribution is -2.42. The molecular weight excluding hydrogens is 270 g/mol. The van der Waals surface area contributed by atoms with E-state index in [9.17, 15) is 9.90 Å². The smallest absolute Gasteiger partial charge is 0.327 e. The first-order chi connectivity index (χ1) is 9.72. The Morgan fingerprint density at radius 1 is 1.05 bits per heavy atom. The second kappa shape index (κ2) is 7.01. The highest BCUT2D eigenvalue weighted by atomic mass is 32.1. The fraction of sp³-hybridized carbons (Fsp3) is 0.188. The number of carboxylic acids is 1. The Morgan fingerprint density at radius 2 is 1.60 bits per heavy atom. The van der Waals surface area contributed by atoms with Crippen LogP contribution in [0.1, 0.15) is 5.56 Å². The minimum Gasteiger partial charge on any atom is -0.480 e. The van der Waals surface area contributed by atoms with Gasteiger partial charge in [0.05, 0.1) is 0 Å². The van der Waals surface area contributed by atoms with E-state index in [4.69, 9.17) is 0 Å². The number of anilines is 1. The number of aliphatic carboxylic acids is 1. The van der Waals surface area contributed by atoms with Gasteiger partial charge in [-0.3, -0.25) is 0 Å². The van der Waals surface area contributed by atoms with Crippen molar-refractivity contribution in [1.82, 2.24) is 0 Å². The quantitative estimate of drug-likeness (QED) is 0.802. The van der Waals surface area contributed by atoms with Gasteiger partial charge in [-0.2, -0.15) is 12.6 Å². The molecular formula is C16H17NO2S. The number of rotatable bonds is 6. The molecule has 2 aromatic rings. The molecule has 20 heavy (non-hydrogen) atoms. The summed E-state index contributed by atoms with van der Waals surface area (Å²) in [4.78, 5) is 13.3. The molecule has 0 saturated heterocycles. The van der Waals surface area contributed by atoms with Gasteiger partial charge in [0, 0.05) is 18.0 Å². The van der Waals surface area contributed by atoms with Crippen molar-refractivity contribution in [3.8, 4) is 0 Å². The number of thiol groups is 1. The van der Waals surface area contributed by atoms with Crippen molar-refractivity contribution < 1.29 is 9.90 Å². The standard InChI is InChI=1S/C16H17NO2S/c18-16(19)15(12-20)17(14-9-5-2-6-10-14)11-13-7-3-1-4-8-13/h1-10,15,20H,11-12H2,(H,18,19). The maximum atomic E-state index is 11.4. The zero-order chi connectivity index (χ0) is 14.4. The minimum atomic E-state index is -0.861. The third kappa shape index (κ3) is 3.54. The summed E-state index contributed by atoms with van der Waals surface area (Å²) in [5.74, 6) is -0.600. The molecule has 0 spiro atoms. The normalized spacial score (nSPS) is 11.8. The van der Waals surface area contributed by atoms with Crippen LogP contribution in [-0.4, -0.2) is 22.9 Å². The van der Waals surface area contributed by atoms with E-state index in [1.807, 2.05) is 65.6 Å².